The van der Waals surface area contributed by atoms with Crippen LogP contribution < -0.4 is 5.32 Å². The van der Waals surface area contributed by atoms with Gasteiger partial charge in [0.15, 0.2) is 11.6 Å². The highest BCUT2D eigenvalue weighted by Crippen LogP contribution is 2.54. The summed E-state index contributed by atoms with van der Waals surface area (Å²) in [6, 6.07) is -0.595. The molecule has 12 nitrogen and oxygen atoms in total. The molecule has 0 aromatic rings. The topological polar surface area (TPSA) is 170 Å². The number of rotatable bonds is 13. The van der Waals surface area contributed by atoms with E-state index in [1.165, 1.54) is 6.92 Å². The van der Waals surface area contributed by atoms with Crippen LogP contribution in [0.3, 0.4) is 0 Å². The fourth-order valence-corrected chi connectivity index (χ4v) is 10.9. The van der Waals surface area contributed by atoms with E-state index in [1.807, 2.05) is 53.7 Å². The maximum Gasteiger partial charge on any atom is 0.309 e. The number of nitrogens with one attached hydrogen (secondary N) is 1. The summed E-state index contributed by atoms with van der Waals surface area (Å²) in [5.41, 5.74) is -1.65. The summed E-state index contributed by atoms with van der Waals surface area (Å²) in [6.07, 6.45) is 6.79. The van der Waals surface area contributed by atoms with Gasteiger partial charge in [0, 0.05) is 37.0 Å². The number of aliphatic hydroxyl groups excluding tert-OH is 1. The third-order valence-corrected chi connectivity index (χ3v) is 14.8. The lowest BCUT2D eigenvalue weighted by atomic mass is 9.72. The van der Waals surface area contributed by atoms with E-state index in [0.717, 1.165) is 6.42 Å². The fourth-order valence-electron chi connectivity index (χ4n) is 10.9. The first kappa shape index (κ1) is 45.2. The normalized spacial score (nSPS) is 44.2. The summed E-state index contributed by atoms with van der Waals surface area (Å²) < 4.78 is 34.1. The first-order valence-corrected chi connectivity index (χ1v) is 21.7. The molecule has 1 amide bonds. The lowest BCUT2D eigenvalue weighted by molar-refractivity contribution is -0.398. The number of ketones is 1. The molecule has 4 saturated heterocycles. The lowest BCUT2D eigenvalue weighted by Gasteiger charge is -2.55. The van der Waals surface area contributed by atoms with Crippen molar-refractivity contribution in [3.63, 3.8) is 0 Å². The van der Waals surface area contributed by atoms with Crippen molar-refractivity contribution in [2.75, 3.05) is 0 Å². The molecule has 2 spiro atoms. The number of amides is 1. The van der Waals surface area contributed by atoms with E-state index in [4.69, 9.17) is 23.7 Å². The largest absolute Gasteiger partial charge is 0.481 e. The Hall–Kier alpha value is -1.93. The van der Waals surface area contributed by atoms with Crippen molar-refractivity contribution in [3.05, 3.63) is 12.2 Å². The van der Waals surface area contributed by atoms with E-state index in [-0.39, 0.29) is 47.8 Å². The van der Waals surface area contributed by atoms with Crippen LogP contribution in [0.1, 0.15) is 140 Å². The first-order valence-electron chi connectivity index (χ1n) is 21.7. The van der Waals surface area contributed by atoms with Crippen molar-refractivity contribution in [2.24, 2.45) is 41.4 Å². The molecule has 0 aliphatic carbocycles. The number of carbonyl (C=O) groups is 3. The molecule has 0 saturated carbocycles. The molecule has 0 aromatic carbocycles. The molecule has 320 valence electrons. The number of carboxylic acids is 1. The van der Waals surface area contributed by atoms with Crippen LogP contribution in [0.25, 0.3) is 0 Å². The molecule has 0 radical (unpaired) electrons. The van der Waals surface area contributed by atoms with Crippen LogP contribution in [-0.4, -0.2) is 98.4 Å². The SMILES string of the molecule is CC[C@@H](C(=O)[C@@H](C)[C@@H](O)[C@H](C)[C@@H]1O[C@@H]([C@@H](CC)C(=O)O)CC[C@@H]1C)[C@H]1O[C@]2(C=C[C@@H](NC(C)=O)[C@]3(CC[C@@](C)([C@H]4CC[C@](O)(CC)[C@H](C)O4)O3)O2)[C@H](C)C[C@@H]1C. The van der Waals surface area contributed by atoms with Crippen LogP contribution in [0, 0.1) is 41.4 Å². The zero-order valence-corrected chi connectivity index (χ0v) is 35.9. The molecule has 5 rings (SSSR count). The zero-order chi connectivity index (χ0) is 41.5. The summed E-state index contributed by atoms with van der Waals surface area (Å²) in [4.78, 5) is 39.0. The second kappa shape index (κ2) is 17.3. The quantitative estimate of drug-likeness (QED) is 0.154. The van der Waals surface area contributed by atoms with Gasteiger partial charge in [-0.05, 0) is 89.5 Å². The Labute approximate surface area is 335 Å². The Morgan fingerprint density at radius 1 is 0.893 bits per heavy atom. The molecule has 0 unspecified atom stereocenters. The second-order valence-corrected chi connectivity index (χ2v) is 18.6. The highest BCUT2D eigenvalue weighted by atomic mass is 16.8. The first-order chi connectivity index (χ1) is 26.2. The van der Waals surface area contributed by atoms with Crippen LogP contribution in [0.2, 0.25) is 0 Å². The predicted molar refractivity (Wildman–Crippen MR) is 210 cm³/mol. The highest BCUT2D eigenvalue weighted by Gasteiger charge is 2.63. The van der Waals surface area contributed by atoms with Crippen LogP contribution >= 0.6 is 0 Å². The summed E-state index contributed by atoms with van der Waals surface area (Å²) in [5.74, 6) is -5.98. The van der Waals surface area contributed by atoms with E-state index >= 15 is 0 Å². The number of Topliss-reactive ketones (excluding diaryl/α,β-unsaturated/α-hetero) is 1. The standard InChI is InChI=1S/C44H73NO11/c1-12-31(40(49)50)33-16-15-24(4)38(53-33)28(8)36(47)27(7)37(48)32(13-2)39-25(5)23-26(6)43(54-39)20-17-34(45-30(10)46)44(56-43)22-21-41(11,55-44)35-18-19-42(51,14-3)29(9)52-35/h17,20,24-29,31-36,38-39,47,51H,12-16,18-19,21-23H2,1-11H3,(H,45,46)(H,49,50)/t24-,25-,26+,27-,28-,29-,31+,32-,33+,34+,35+,36+,38+,39-,41-,42+,43-,44-/m0/s1. The maximum atomic E-state index is 14.5. The van der Waals surface area contributed by atoms with Gasteiger partial charge in [-0.25, -0.2) is 0 Å². The number of hydrogen-bond donors (Lipinski definition) is 4. The van der Waals surface area contributed by atoms with Gasteiger partial charge in [-0.1, -0.05) is 61.5 Å². The van der Waals surface area contributed by atoms with Crippen molar-refractivity contribution in [2.45, 2.75) is 206 Å². The van der Waals surface area contributed by atoms with Gasteiger partial charge in [0.2, 0.25) is 5.91 Å². The molecular formula is C44H73NO11. The Balaban J connectivity index is 1.36. The molecular weight excluding hydrogens is 718 g/mol. The van der Waals surface area contributed by atoms with Crippen molar-refractivity contribution < 1.29 is 53.4 Å². The molecule has 0 aromatic heterocycles. The van der Waals surface area contributed by atoms with Gasteiger partial charge in [-0.3, -0.25) is 14.4 Å². The van der Waals surface area contributed by atoms with Crippen LogP contribution in [0.5, 0.6) is 0 Å². The molecule has 5 aliphatic rings. The Morgan fingerprint density at radius 2 is 1.57 bits per heavy atom. The molecule has 56 heavy (non-hydrogen) atoms. The van der Waals surface area contributed by atoms with Crippen molar-refractivity contribution >= 4 is 17.7 Å². The minimum atomic E-state index is -1.27. The Morgan fingerprint density at radius 3 is 2.16 bits per heavy atom. The van der Waals surface area contributed by atoms with Crippen LogP contribution in [0.15, 0.2) is 12.2 Å². The second-order valence-electron chi connectivity index (χ2n) is 18.6. The molecule has 5 aliphatic heterocycles. The van der Waals surface area contributed by atoms with Gasteiger partial charge in [-0.15, -0.1) is 0 Å². The molecule has 0 bridgehead atoms. The smallest absolute Gasteiger partial charge is 0.309 e. The summed E-state index contributed by atoms with van der Waals surface area (Å²) in [5, 5.41) is 35.8. The van der Waals surface area contributed by atoms with Gasteiger partial charge in [0.05, 0.1) is 53.7 Å². The highest BCUT2D eigenvalue weighted by molar-refractivity contribution is 5.84. The van der Waals surface area contributed by atoms with Gasteiger partial charge in [-0.2, -0.15) is 0 Å². The van der Waals surface area contributed by atoms with E-state index in [1.54, 1.807) is 6.92 Å². The summed E-state index contributed by atoms with van der Waals surface area (Å²) in [7, 11) is 0. The van der Waals surface area contributed by atoms with Crippen molar-refractivity contribution in [3.8, 4) is 0 Å². The molecule has 5 heterocycles. The lowest BCUT2D eigenvalue weighted by Crippen LogP contribution is -2.65. The number of aliphatic carboxylic acids is 1. The van der Waals surface area contributed by atoms with Crippen LogP contribution in [-0.2, 0) is 38.1 Å². The van der Waals surface area contributed by atoms with Gasteiger partial charge in [0.1, 0.15) is 11.8 Å². The van der Waals surface area contributed by atoms with E-state index in [0.29, 0.717) is 57.8 Å². The summed E-state index contributed by atoms with van der Waals surface area (Å²) >= 11 is 0. The monoisotopic (exact) mass is 792 g/mol. The number of hydrogen-bond acceptors (Lipinski definition) is 10. The van der Waals surface area contributed by atoms with E-state index in [2.05, 4.69) is 26.1 Å². The van der Waals surface area contributed by atoms with Gasteiger partial charge < -0.3 is 44.3 Å². The molecule has 18 atom stereocenters. The molecule has 4 N–H and O–H groups in total. The third-order valence-electron chi connectivity index (χ3n) is 14.8. The van der Waals surface area contributed by atoms with Crippen molar-refractivity contribution in [1.29, 1.82) is 0 Å². The zero-order valence-electron chi connectivity index (χ0n) is 35.9. The Bertz CT molecular complexity index is 1440. The predicted octanol–water partition coefficient (Wildman–Crippen LogP) is 6.33. The van der Waals surface area contributed by atoms with Gasteiger partial charge in [0.25, 0.3) is 0 Å². The summed E-state index contributed by atoms with van der Waals surface area (Å²) in [6.45, 7) is 21.1. The maximum absolute atomic E-state index is 14.5. The molecule has 4 fully saturated rings. The number of aliphatic hydroxyl groups is 2. The average Bonchev–Trinajstić information content (AvgIpc) is 3.49. The minimum Gasteiger partial charge on any atom is -0.481 e. The van der Waals surface area contributed by atoms with Gasteiger partial charge >= 0.3 is 5.97 Å². The number of carbonyl (C=O) groups excluding carboxylic acids is 2. The van der Waals surface area contributed by atoms with Crippen LogP contribution in [0.4, 0.5) is 0 Å². The Kier molecular flexibility index (Phi) is 14.0. The number of ether oxygens (including phenoxy) is 5. The third kappa shape index (κ3) is 8.54. The molecule has 12 heteroatoms. The minimum absolute atomic E-state index is 0.000895. The fraction of sp³-hybridized carbons (Fsp3) is 0.886. The van der Waals surface area contributed by atoms with E-state index < -0.39 is 76.8 Å². The average molecular weight is 792 g/mol. The van der Waals surface area contributed by atoms with E-state index in [9.17, 15) is 29.7 Å². The number of carboxylic acid groups (broad SMARTS) is 1. The van der Waals surface area contributed by atoms with Crippen molar-refractivity contribution in [1.82, 2.24) is 5.32 Å².